The van der Waals surface area contributed by atoms with Gasteiger partial charge in [-0.25, -0.2) is 9.78 Å². The molecule has 176 valence electrons. The van der Waals surface area contributed by atoms with Crippen molar-refractivity contribution in [2.45, 2.75) is 6.10 Å². The molecule has 34 heavy (non-hydrogen) atoms. The first kappa shape index (κ1) is 21.7. The van der Waals surface area contributed by atoms with Gasteiger partial charge in [0, 0.05) is 24.9 Å². The van der Waals surface area contributed by atoms with Crippen molar-refractivity contribution >= 4 is 34.4 Å². The van der Waals surface area contributed by atoms with Gasteiger partial charge in [0.25, 0.3) is 0 Å². The molecular weight excluding hydrogens is 442 g/mol. The Labute approximate surface area is 195 Å². The summed E-state index contributed by atoms with van der Waals surface area (Å²) in [4.78, 5) is 35.0. The maximum absolute atomic E-state index is 12.5. The van der Waals surface area contributed by atoms with Crippen LogP contribution in [0.3, 0.4) is 0 Å². The molecule has 0 aliphatic carbocycles. The summed E-state index contributed by atoms with van der Waals surface area (Å²) >= 11 is 0. The zero-order valence-corrected chi connectivity index (χ0v) is 18.4. The van der Waals surface area contributed by atoms with Crippen LogP contribution in [0.4, 0.5) is 16.2 Å². The first-order chi connectivity index (χ1) is 16.6. The minimum atomic E-state index is -0.448. The summed E-state index contributed by atoms with van der Waals surface area (Å²) in [6.07, 6.45) is 0.752. The van der Waals surface area contributed by atoms with Gasteiger partial charge >= 0.3 is 6.09 Å². The Kier molecular flexibility index (Phi) is 6.00. The van der Waals surface area contributed by atoms with Crippen LogP contribution in [-0.4, -0.2) is 68.0 Å². The van der Waals surface area contributed by atoms with Gasteiger partial charge in [-0.1, -0.05) is 0 Å². The third-order valence-electron chi connectivity index (χ3n) is 5.41. The number of hydrogen-bond acceptors (Lipinski definition) is 9. The van der Waals surface area contributed by atoms with Gasteiger partial charge in [0.2, 0.25) is 11.8 Å². The number of fused-ring (bicyclic) bond motifs is 2. The molecule has 5 rings (SSSR count). The highest BCUT2D eigenvalue weighted by Gasteiger charge is 2.33. The number of carbonyl (C=O) groups excluding carboxylic acids is 2. The normalized spacial score (nSPS) is 16.9. The molecule has 2 amide bonds. The SMILES string of the molecule is COc1ccc2nccc(NC(=O)CNCC3CN(c4ccc5c(c4)OCCO5)C(=O)O3)c2n1. The van der Waals surface area contributed by atoms with Crippen LogP contribution in [0, 0.1) is 0 Å². The third kappa shape index (κ3) is 4.50. The van der Waals surface area contributed by atoms with Crippen LogP contribution in [0.5, 0.6) is 17.4 Å². The monoisotopic (exact) mass is 465 g/mol. The topological polar surface area (TPSA) is 124 Å². The summed E-state index contributed by atoms with van der Waals surface area (Å²) in [5.74, 6) is 1.43. The number of nitrogens with zero attached hydrogens (tertiary/aromatic N) is 3. The Bertz CT molecular complexity index is 1240. The van der Waals surface area contributed by atoms with E-state index in [1.807, 2.05) is 0 Å². The molecule has 11 nitrogen and oxygen atoms in total. The molecule has 1 aromatic carbocycles. The number of nitrogens with one attached hydrogen (secondary N) is 2. The van der Waals surface area contributed by atoms with Gasteiger partial charge in [-0.05, 0) is 24.3 Å². The number of benzene rings is 1. The molecule has 1 fully saturated rings. The molecule has 0 bridgehead atoms. The number of methoxy groups -OCH3 is 1. The molecule has 4 heterocycles. The van der Waals surface area contributed by atoms with Crippen molar-refractivity contribution in [3.05, 3.63) is 42.6 Å². The van der Waals surface area contributed by atoms with Gasteiger partial charge in [-0.2, -0.15) is 0 Å². The molecule has 0 spiro atoms. The smallest absolute Gasteiger partial charge is 0.414 e. The lowest BCUT2D eigenvalue weighted by Gasteiger charge is -2.21. The molecule has 1 atom stereocenters. The fourth-order valence-corrected chi connectivity index (χ4v) is 3.80. The molecule has 1 unspecified atom stereocenters. The van der Waals surface area contributed by atoms with Gasteiger partial charge in [0.15, 0.2) is 11.5 Å². The molecule has 0 saturated carbocycles. The molecule has 2 aliphatic heterocycles. The fraction of sp³-hybridized carbons (Fsp3) is 0.304. The molecule has 2 aliphatic rings. The number of amides is 2. The Morgan fingerprint density at radius 2 is 2.03 bits per heavy atom. The number of hydrogen-bond donors (Lipinski definition) is 2. The summed E-state index contributed by atoms with van der Waals surface area (Å²) in [6, 6.07) is 10.5. The number of pyridine rings is 2. The van der Waals surface area contributed by atoms with Crippen molar-refractivity contribution in [1.29, 1.82) is 0 Å². The second-order valence-corrected chi connectivity index (χ2v) is 7.70. The van der Waals surface area contributed by atoms with Crippen molar-refractivity contribution in [2.75, 3.05) is 50.2 Å². The Balaban J connectivity index is 1.15. The lowest BCUT2D eigenvalue weighted by molar-refractivity contribution is -0.115. The van der Waals surface area contributed by atoms with E-state index in [-0.39, 0.29) is 12.5 Å². The molecule has 0 radical (unpaired) electrons. The van der Waals surface area contributed by atoms with E-state index in [9.17, 15) is 9.59 Å². The Hall–Kier alpha value is -4.12. The number of ether oxygens (including phenoxy) is 4. The lowest BCUT2D eigenvalue weighted by Crippen LogP contribution is -2.35. The van der Waals surface area contributed by atoms with Gasteiger partial charge in [0.1, 0.15) is 24.8 Å². The largest absolute Gasteiger partial charge is 0.486 e. The third-order valence-corrected chi connectivity index (χ3v) is 5.41. The molecule has 2 aromatic heterocycles. The molecule has 2 N–H and O–H groups in total. The van der Waals surface area contributed by atoms with Crippen LogP contribution in [-0.2, 0) is 9.53 Å². The van der Waals surface area contributed by atoms with Crippen LogP contribution in [0.15, 0.2) is 42.6 Å². The predicted molar refractivity (Wildman–Crippen MR) is 123 cm³/mol. The van der Waals surface area contributed by atoms with E-state index in [0.717, 1.165) is 0 Å². The Morgan fingerprint density at radius 3 is 2.88 bits per heavy atom. The summed E-state index contributed by atoms with van der Waals surface area (Å²) in [5.41, 5.74) is 2.38. The fourth-order valence-electron chi connectivity index (χ4n) is 3.80. The minimum absolute atomic E-state index is 0.0336. The van der Waals surface area contributed by atoms with Gasteiger partial charge in [0.05, 0.1) is 37.1 Å². The summed E-state index contributed by atoms with van der Waals surface area (Å²) in [5, 5.41) is 5.87. The van der Waals surface area contributed by atoms with E-state index >= 15 is 0 Å². The maximum Gasteiger partial charge on any atom is 0.414 e. The van der Waals surface area contributed by atoms with E-state index in [1.54, 1.807) is 42.6 Å². The van der Waals surface area contributed by atoms with E-state index in [1.165, 1.54) is 12.0 Å². The number of cyclic esters (lactones) is 1. The van der Waals surface area contributed by atoms with Crippen molar-refractivity contribution in [2.24, 2.45) is 0 Å². The molecule has 3 aromatic rings. The number of aromatic nitrogens is 2. The highest BCUT2D eigenvalue weighted by atomic mass is 16.6. The van der Waals surface area contributed by atoms with Gasteiger partial charge < -0.3 is 29.6 Å². The summed E-state index contributed by atoms with van der Waals surface area (Å²) in [6.45, 7) is 1.68. The zero-order chi connectivity index (χ0) is 23.5. The summed E-state index contributed by atoms with van der Waals surface area (Å²) in [7, 11) is 1.53. The van der Waals surface area contributed by atoms with Crippen molar-refractivity contribution < 1.29 is 28.5 Å². The van der Waals surface area contributed by atoms with E-state index in [4.69, 9.17) is 18.9 Å². The number of anilines is 2. The standard InChI is InChI=1S/C23H23N5O6/c1-31-21-5-3-16-22(27-21)17(6-7-25-16)26-20(29)12-24-11-15-13-28(23(30)34-15)14-2-4-18-19(10-14)33-9-8-32-18/h2-7,10,15,24H,8-9,11-13H2,1H3,(H,25,26,29). The number of carbonyl (C=O) groups is 2. The average Bonchev–Trinajstić information content (AvgIpc) is 3.23. The second kappa shape index (κ2) is 9.40. The lowest BCUT2D eigenvalue weighted by atomic mass is 10.2. The first-order valence-electron chi connectivity index (χ1n) is 10.8. The highest BCUT2D eigenvalue weighted by molar-refractivity contribution is 6.00. The van der Waals surface area contributed by atoms with Crippen molar-refractivity contribution in [3.63, 3.8) is 0 Å². The molecular formula is C23H23N5O6. The summed E-state index contributed by atoms with van der Waals surface area (Å²) < 4.78 is 21.7. The Morgan fingerprint density at radius 1 is 1.18 bits per heavy atom. The maximum atomic E-state index is 12.5. The predicted octanol–water partition coefficient (Wildman–Crippen LogP) is 1.96. The highest BCUT2D eigenvalue weighted by Crippen LogP contribution is 2.35. The van der Waals surface area contributed by atoms with Gasteiger partial charge in [-0.3, -0.25) is 14.7 Å². The average molecular weight is 465 g/mol. The van der Waals surface area contributed by atoms with Crippen molar-refractivity contribution in [1.82, 2.24) is 15.3 Å². The van der Waals surface area contributed by atoms with Gasteiger partial charge in [-0.15, -0.1) is 0 Å². The second-order valence-electron chi connectivity index (χ2n) is 7.70. The van der Waals surface area contributed by atoms with Crippen LogP contribution < -0.4 is 29.7 Å². The molecule has 1 saturated heterocycles. The van der Waals surface area contributed by atoms with E-state index in [0.29, 0.717) is 66.1 Å². The van der Waals surface area contributed by atoms with E-state index in [2.05, 4.69) is 20.6 Å². The quantitative estimate of drug-likeness (QED) is 0.539. The van der Waals surface area contributed by atoms with E-state index < -0.39 is 12.2 Å². The van der Waals surface area contributed by atoms with Crippen LogP contribution in [0.25, 0.3) is 11.0 Å². The van der Waals surface area contributed by atoms with Crippen molar-refractivity contribution in [3.8, 4) is 17.4 Å². The first-order valence-corrected chi connectivity index (χ1v) is 10.8. The van der Waals surface area contributed by atoms with Crippen LogP contribution >= 0.6 is 0 Å². The minimum Gasteiger partial charge on any atom is -0.486 e. The van der Waals surface area contributed by atoms with Crippen LogP contribution in [0.2, 0.25) is 0 Å². The zero-order valence-electron chi connectivity index (χ0n) is 18.4. The number of rotatable bonds is 7. The van der Waals surface area contributed by atoms with Crippen LogP contribution in [0.1, 0.15) is 0 Å². The molecule has 11 heteroatoms.